The zero-order chi connectivity index (χ0) is 54.7. The van der Waals surface area contributed by atoms with Crippen molar-refractivity contribution in [1.29, 1.82) is 0 Å². The molecule has 0 radical (unpaired) electrons. The Balaban J connectivity index is 0.000000328. The maximum atomic E-state index is 12.5. The van der Waals surface area contributed by atoms with Gasteiger partial charge in [0.05, 0.1) is 25.6 Å². The van der Waals surface area contributed by atoms with Crippen molar-refractivity contribution in [3.8, 4) is 23.7 Å². The minimum atomic E-state index is -0.319. The number of hydrogen-bond donors (Lipinski definition) is 2. The molecule has 2 amide bonds. The molecule has 0 saturated carbocycles. The third-order valence-corrected chi connectivity index (χ3v) is 12.3. The van der Waals surface area contributed by atoms with Crippen LogP contribution in [0.3, 0.4) is 0 Å². The fourth-order valence-electron chi connectivity index (χ4n) is 7.81. The van der Waals surface area contributed by atoms with E-state index in [2.05, 4.69) is 90.9 Å². The number of allylic oxidation sites excluding steroid dienone is 4. The first-order valence-electron chi connectivity index (χ1n) is 24.2. The predicted octanol–water partition coefficient (Wildman–Crippen LogP) is 7.48. The lowest BCUT2D eigenvalue weighted by molar-refractivity contribution is -0.115. The SMILES string of the molecule is CNC(=O)/C(=N/OC)C1=C(CO/N=C(C)/C(=N/OC)c2ccc(C#CCCl)cc2)CC(C)=C(C)C1.CNC(=O)/C(=N/OC)C1=C(CO/N=C(C)/C(=N/OC)c2ccc(C#CCN3CCOCC3)cc2)CC(C)=C(C)C1. The van der Waals surface area contributed by atoms with Crippen LogP contribution >= 0.6 is 11.6 Å². The molecule has 2 aliphatic carbocycles. The van der Waals surface area contributed by atoms with Crippen molar-refractivity contribution in [3.63, 3.8) is 0 Å². The minimum Gasteiger partial charge on any atom is -0.399 e. The standard InChI is InChI=1S/C30H39N5O5.C26H31ClN4O4/c1-21-18-26(27(19-22(21)2)29(34-38-6)30(36)31-4)20-40-32-23(3)28(33-37-5)25-11-9-24(10-12-25)8-7-13-35-14-16-39-17-15-35;1-17-14-22(23(15-18(17)2)25(31-34-6)26(32)28-4)16-35-29-19(3)24(30-33-5)21-11-9-20(10-12-21)8-7-13-27/h9-12H,13-20H2,1-6H3,(H,31,36);9-12H,13-16H2,1-6H3,(H,28,32)/b32-23+,33-28-,34-29+;29-19+,30-24-,31-25+. The lowest BCUT2D eigenvalue weighted by atomic mass is 9.85. The van der Waals surface area contributed by atoms with Crippen LogP contribution in [0.1, 0.15) is 89.5 Å². The van der Waals surface area contributed by atoms with Gasteiger partial charge in [0, 0.05) is 49.4 Å². The smallest absolute Gasteiger partial charge is 0.273 e. The number of ether oxygens (including phenoxy) is 1. The summed E-state index contributed by atoms with van der Waals surface area (Å²) in [6.45, 7) is 16.3. The van der Waals surface area contributed by atoms with Gasteiger partial charge in [-0.05, 0) is 114 Å². The summed E-state index contributed by atoms with van der Waals surface area (Å²) in [6.07, 6.45) is 2.47. The molecule has 2 aromatic carbocycles. The molecule has 75 heavy (non-hydrogen) atoms. The Bertz CT molecular complexity index is 2780. The Morgan fingerprint density at radius 3 is 1.32 bits per heavy atom. The third kappa shape index (κ3) is 18.4. The quantitative estimate of drug-likeness (QED) is 0.0467. The number of hydrogen-bond acceptors (Lipinski definition) is 16. The van der Waals surface area contributed by atoms with E-state index in [9.17, 15) is 9.59 Å². The molecule has 1 heterocycles. The van der Waals surface area contributed by atoms with Crippen molar-refractivity contribution in [2.24, 2.45) is 30.9 Å². The van der Waals surface area contributed by atoms with E-state index < -0.39 is 0 Å². The molecular weight excluding hydrogens is 978 g/mol. The molecule has 400 valence electrons. The molecule has 1 fully saturated rings. The number of oxime groups is 6. The molecule has 2 aromatic rings. The largest absolute Gasteiger partial charge is 0.399 e. The van der Waals surface area contributed by atoms with E-state index in [1.165, 1.54) is 50.7 Å². The molecule has 0 aromatic heterocycles. The molecule has 3 aliphatic rings. The zero-order valence-electron chi connectivity index (χ0n) is 45.3. The van der Waals surface area contributed by atoms with Crippen molar-refractivity contribution < 1.29 is 43.4 Å². The van der Waals surface area contributed by atoms with Crippen LogP contribution in [0.15, 0.2) is 124 Å². The van der Waals surface area contributed by atoms with Crippen LogP contribution in [0.2, 0.25) is 0 Å². The van der Waals surface area contributed by atoms with Crippen LogP contribution in [0.4, 0.5) is 0 Å². The van der Waals surface area contributed by atoms with E-state index >= 15 is 0 Å². The average Bonchev–Trinajstić information content (AvgIpc) is 3.42. The molecule has 18 nitrogen and oxygen atoms in total. The Morgan fingerprint density at radius 2 is 0.947 bits per heavy atom. The Kier molecular flexibility index (Phi) is 25.6. The second kappa shape index (κ2) is 31.9. The number of carbonyl (C=O) groups is 2. The van der Waals surface area contributed by atoms with Gasteiger partial charge in [0.1, 0.15) is 64.5 Å². The zero-order valence-corrected chi connectivity index (χ0v) is 46.0. The van der Waals surface area contributed by atoms with Crippen molar-refractivity contribution >= 4 is 57.7 Å². The highest BCUT2D eigenvalue weighted by molar-refractivity contribution is 6.48. The average molecular weight is 1050 g/mol. The number of halogens is 1. The molecule has 0 spiro atoms. The molecule has 0 unspecified atom stereocenters. The van der Waals surface area contributed by atoms with Gasteiger partial charge in [-0.25, -0.2) is 0 Å². The van der Waals surface area contributed by atoms with Gasteiger partial charge in [-0.2, -0.15) is 0 Å². The maximum Gasteiger partial charge on any atom is 0.273 e. The highest BCUT2D eigenvalue weighted by atomic mass is 35.5. The Labute approximate surface area is 446 Å². The summed E-state index contributed by atoms with van der Waals surface area (Å²) in [5.41, 5.74) is 14.2. The fourth-order valence-corrected chi connectivity index (χ4v) is 7.88. The maximum absolute atomic E-state index is 12.5. The van der Waals surface area contributed by atoms with E-state index in [1.807, 2.05) is 62.4 Å². The van der Waals surface area contributed by atoms with Crippen molar-refractivity contribution in [2.45, 2.75) is 67.2 Å². The van der Waals surface area contributed by atoms with Gasteiger partial charge in [-0.3, -0.25) is 14.5 Å². The number of morpholine rings is 1. The first kappa shape index (κ1) is 60.0. The van der Waals surface area contributed by atoms with E-state index in [0.29, 0.717) is 48.5 Å². The molecule has 1 saturated heterocycles. The molecule has 1 aliphatic heterocycles. The second-order valence-electron chi connectivity index (χ2n) is 17.3. The highest BCUT2D eigenvalue weighted by Crippen LogP contribution is 2.32. The van der Waals surface area contributed by atoms with E-state index in [4.69, 9.17) is 45.4 Å². The van der Waals surface area contributed by atoms with E-state index in [-0.39, 0.29) is 42.3 Å². The third-order valence-electron chi connectivity index (χ3n) is 12.2. The first-order valence-corrected chi connectivity index (χ1v) is 24.8. The van der Waals surface area contributed by atoms with Crippen LogP contribution in [0.25, 0.3) is 0 Å². The monoisotopic (exact) mass is 1050 g/mol. The van der Waals surface area contributed by atoms with Crippen molar-refractivity contribution in [3.05, 3.63) is 115 Å². The Hall–Kier alpha value is -7.51. The van der Waals surface area contributed by atoms with Gasteiger partial charge >= 0.3 is 0 Å². The first-order chi connectivity index (χ1) is 36.2. The van der Waals surface area contributed by atoms with Crippen LogP contribution < -0.4 is 10.6 Å². The molecule has 5 rings (SSSR count). The van der Waals surface area contributed by atoms with Crippen LogP contribution in [-0.2, 0) is 43.4 Å². The molecular formula is C56H70ClN9O9. The summed E-state index contributed by atoms with van der Waals surface area (Å²) in [5, 5.41) is 30.1. The van der Waals surface area contributed by atoms with Crippen LogP contribution in [-0.4, -0.2) is 145 Å². The highest BCUT2D eigenvalue weighted by Gasteiger charge is 2.27. The van der Waals surface area contributed by atoms with Crippen LogP contribution in [0.5, 0.6) is 0 Å². The molecule has 0 atom stereocenters. The van der Waals surface area contributed by atoms with Crippen molar-refractivity contribution in [2.75, 3.05) is 94.5 Å². The molecule has 19 heteroatoms. The number of alkyl halides is 1. The summed E-state index contributed by atoms with van der Waals surface area (Å²) < 4.78 is 5.38. The fraction of sp³-hybridized carbons (Fsp3) is 0.429. The minimum absolute atomic E-state index is 0.185. The summed E-state index contributed by atoms with van der Waals surface area (Å²) in [5.74, 6) is 11.9. The molecule has 2 N–H and O–H groups in total. The number of nitrogens with one attached hydrogen (secondary N) is 2. The molecule has 0 bridgehead atoms. The number of benzene rings is 2. The van der Waals surface area contributed by atoms with Gasteiger partial charge in [0.25, 0.3) is 11.8 Å². The van der Waals surface area contributed by atoms with Gasteiger partial charge in [0.15, 0.2) is 11.4 Å². The summed E-state index contributed by atoms with van der Waals surface area (Å²) in [7, 11) is 8.92. The number of rotatable bonds is 19. The lowest BCUT2D eigenvalue weighted by Crippen LogP contribution is -2.36. The van der Waals surface area contributed by atoms with Gasteiger partial charge in [0.2, 0.25) is 0 Å². The lowest BCUT2D eigenvalue weighted by Gasteiger charge is -2.24. The number of amides is 2. The summed E-state index contributed by atoms with van der Waals surface area (Å²) >= 11 is 5.62. The van der Waals surface area contributed by atoms with E-state index in [1.54, 1.807) is 21.0 Å². The predicted molar refractivity (Wildman–Crippen MR) is 296 cm³/mol. The normalized spacial score (nSPS) is 16.2. The van der Waals surface area contributed by atoms with Gasteiger partial charge in [-0.15, -0.1) is 11.6 Å². The summed E-state index contributed by atoms with van der Waals surface area (Å²) in [4.78, 5) is 58.7. The van der Waals surface area contributed by atoms with Gasteiger partial charge < -0.3 is 44.4 Å². The van der Waals surface area contributed by atoms with Crippen molar-refractivity contribution in [1.82, 2.24) is 15.5 Å². The number of nitrogens with zero attached hydrogens (tertiary/aromatic N) is 7. The number of carbonyl (C=O) groups excluding carboxylic acids is 2. The van der Waals surface area contributed by atoms with Crippen LogP contribution in [0, 0.1) is 23.7 Å². The second-order valence-corrected chi connectivity index (χ2v) is 17.6. The van der Waals surface area contributed by atoms with Gasteiger partial charge in [-0.1, -0.05) is 101 Å². The Morgan fingerprint density at radius 1 is 0.573 bits per heavy atom. The summed E-state index contributed by atoms with van der Waals surface area (Å²) in [6, 6.07) is 15.3. The topological polar surface area (TPSA) is 200 Å². The van der Waals surface area contributed by atoms with E-state index in [0.717, 1.165) is 77.4 Å².